The molecule has 0 radical (unpaired) electrons. The zero-order chi connectivity index (χ0) is 23.2. The average molecular weight is 452 g/mol. The van der Waals surface area contributed by atoms with Crippen molar-refractivity contribution in [3.05, 3.63) is 89.5 Å². The predicted octanol–water partition coefficient (Wildman–Crippen LogP) is 6.19. The van der Waals surface area contributed by atoms with Crippen LogP contribution in [-0.4, -0.2) is 11.8 Å². The summed E-state index contributed by atoms with van der Waals surface area (Å²) >= 11 is 0. The third kappa shape index (κ3) is 3.65. The van der Waals surface area contributed by atoms with E-state index in [1.54, 1.807) is 24.3 Å². The highest BCUT2D eigenvalue weighted by Gasteiger charge is 2.53. The van der Waals surface area contributed by atoms with Gasteiger partial charge in [-0.1, -0.05) is 30.3 Å². The number of nitrogens with one attached hydrogen (secondary N) is 3. The number of carbonyl (C=O) groups excluding carboxylic acids is 2. The van der Waals surface area contributed by atoms with Gasteiger partial charge in [-0.05, 0) is 96.5 Å². The van der Waals surface area contributed by atoms with Crippen molar-refractivity contribution in [2.75, 3.05) is 16.0 Å². The number of amides is 2. The molecule has 1 aliphatic heterocycles. The number of anilines is 3. The molecule has 3 aromatic carbocycles. The van der Waals surface area contributed by atoms with Gasteiger partial charge in [0.2, 0.25) is 5.91 Å². The second kappa shape index (κ2) is 8.32. The van der Waals surface area contributed by atoms with E-state index in [1.807, 2.05) is 6.07 Å². The average Bonchev–Trinajstić information content (AvgIpc) is 3.47. The summed E-state index contributed by atoms with van der Waals surface area (Å²) in [5.41, 5.74) is 5.93. The number of benzene rings is 3. The minimum Gasteiger partial charge on any atom is -0.378 e. The Kier molecular flexibility index (Phi) is 5.13. The Hall–Kier alpha value is -3.60. The number of hydrogen-bond donors (Lipinski definition) is 3. The molecule has 0 spiro atoms. The zero-order valence-corrected chi connectivity index (χ0v) is 19.3. The fourth-order valence-corrected chi connectivity index (χ4v) is 6.66. The molecule has 0 aromatic heterocycles. The third-order valence-corrected chi connectivity index (χ3v) is 7.97. The van der Waals surface area contributed by atoms with E-state index in [0.29, 0.717) is 40.7 Å². The molecule has 5 nitrogen and oxygen atoms in total. The Balaban J connectivity index is 1.27. The highest BCUT2D eigenvalue weighted by Crippen LogP contribution is 2.63. The normalized spacial score (nSPS) is 26.2. The first kappa shape index (κ1) is 21.0. The van der Waals surface area contributed by atoms with E-state index in [0.717, 1.165) is 5.92 Å². The molecule has 2 amide bonds. The molecular weight excluding hydrogens is 422 g/mol. The molecule has 3 N–H and O–H groups in total. The maximum absolute atomic E-state index is 13.1. The van der Waals surface area contributed by atoms with Gasteiger partial charge < -0.3 is 16.0 Å². The van der Waals surface area contributed by atoms with Crippen LogP contribution in [0.15, 0.2) is 72.8 Å². The smallest absolute Gasteiger partial charge is 0.255 e. The zero-order valence-electron chi connectivity index (χ0n) is 19.3. The molecule has 2 saturated carbocycles. The monoisotopic (exact) mass is 451 g/mol. The molecule has 2 fully saturated rings. The van der Waals surface area contributed by atoms with Crippen LogP contribution >= 0.6 is 0 Å². The maximum atomic E-state index is 13.1. The first-order valence-corrected chi connectivity index (χ1v) is 12.2. The van der Waals surface area contributed by atoms with Crippen LogP contribution in [0.3, 0.4) is 0 Å². The first-order valence-electron chi connectivity index (χ1n) is 12.2. The van der Waals surface area contributed by atoms with Crippen LogP contribution in [0, 0.1) is 17.8 Å². The van der Waals surface area contributed by atoms with Crippen LogP contribution in [0.2, 0.25) is 0 Å². The van der Waals surface area contributed by atoms with Crippen molar-refractivity contribution in [1.82, 2.24) is 0 Å². The lowest BCUT2D eigenvalue weighted by Gasteiger charge is -2.43. The highest BCUT2D eigenvalue weighted by atomic mass is 16.2. The molecule has 3 aromatic rings. The summed E-state index contributed by atoms with van der Waals surface area (Å²) in [6.07, 6.45) is 3.92. The minimum atomic E-state index is -0.118. The number of carbonyl (C=O) groups is 2. The van der Waals surface area contributed by atoms with Crippen molar-refractivity contribution in [2.45, 2.75) is 38.1 Å². The van der Waals surface area contributed by atoms with Gasteiger partial charge in [0.1, 0.15) is 0 Å². The van der Waals surface area contributed by atoms with Crippen LogP contribution in [0.25, 0.3) is 0 Å². The molecule has 34 heavy (non-hydrogen) atoms. The largest absolute Gasteiger partial charge is 0.378 e. The maximum Gasteiger partial charge on any atom is 0.255 e. The fourth-order valence-electron chi connectivity index (χ4n) is 6.66. The number of fused-ring (bicyclic) bond motifs is 7. The molecule has 0 saturated heterocycles. The van der Waals surface area contributed by atoms with Gasteiger partial charge in [-0.2, -0.15) is 0 Å². The summed E-state index contributed by atoms with van der Waals surface area (Å²) in [4.78, 5) is 24.3. The molecule has 5 heteroatoms. The van der Waals surface area contributed by atoms with Gasteiger partial charge >= 0.3 is 0 Å². The van der Waals surface area contributed by atoms with E-state index in [-0.39, 0.29) is 11.8 Å². The lowest BCUT2D eigenvalue weighted by molar-refractivity contribution is -0.114. The third-order valence-electron chi connectivity index (χ3n) is 7.97. The van der Waals surface area contributed by atoms with Crippen molar-refractivity contribution in [2.24, 2.45) is 17.8 Å². The highest BCUT2D eigenvalue weighted by molar-refractivity contribution is 6.05. The van der Waals surface area contributed by atoms with Crippen molar-refractivity contribution in [1.29, 1.82) is 0 Å². The van der Waals surface area contributed by atoms with Crippen LogP contribution in [0.1, 0.15) is 59.6 Å². The van der Waals surface area contributed by atoms with E-state index >= 15 is 0 Å². The molecule has 2 aliphatic carbocycles. The van der Waals surface area contributed by atoms with Gasteiger partial charge in [0, 0.05) is 29.5 Å². The standard InChI is InChI=1S/C29H29N3O2/c1-17(33)30-22-10-12-23(13-11-22)31-29(34)21-9-14-25-24(16-21)26-19-7-8-20(15-19)27(26)28(32-25)18-5-3-2-4-6-18/h2-6,9-14,16,19-20,26-28,32H,7-8,15H2,1H3,(H,30,33)(H,31,34)/t19-,20-,26-,27-,28-/m0/s1. The molecule has 5 atom stereocenters. The van der Waals surface area contributed by atoms with E-state index in [1.165, 1.54) is 43.0 Å². The van der Waals surface area contributed by atoms with E-state index in [4.69, 9.17) is 0 Å². The Morgan fingerprint density at radius 3 is 2.29 bits per heavy atom. The van der Waals surface area contributed by atoms with Crippen molar-refractivity contribution in [3.63, 3.8) is 0 Å². The quantitative estimate of drug-likeness (QED) is 0.443. The first-order chi connectivity index (χ1) is 16.6. The summed E-state index contributed by atoms with van der Waals surface area (Å²) in [7, 11) is 0. The molecule has 3 aliphatic rings. The van der Waals surface area contributed by atoms with Crippen molar-refractivity contribution in [3.8, 4) is 0 Å². The van der Waals surface area contributed by atoms with Gasteiger partial charge in [0.05, 0.1) is 6.04 Å². The number of rotatable bonds is 4. The van der Waals surface area contributed by atoms with Crippen molar-refractivity contribution >= 4 is 28.9 Å². The van der Waals surface area contributed by atoms with Gasteiger partial charge in [-0.3, -0.25) is 9.59 Å². The van der Waals surface area contributed by atoms with Crippen LogP contribution in [0.5, 0.6) is 0 Å². The molecule has 0 unspecified atom stereocenters. The lowest BCUT2D eigenvalue weighted by Crippen LogP contribution is -2.35. The van der Waals surface area contributed by atoms with Gasteiger partial charge in [0.15, 0.2) is 0 Å². The molecule has 2 bridgehead atoms. The van der Waals surface area contributed by atoms with Crippen LogP contribution < -0.4 is 16.0 Å². The van der Waals surface area contributed by atoms with Crippen molar-refractivity contribution < 1.29 is 9.59 Å². The molecule has 172 valence electrons. The van der Waals surface area contributed by atoms with Gasteiger partial charge in [-0.15, -0.1) is 0 Å². The molecule has 6 rings (SSSR count). The van der Waals surface area contributed by atoms with Gasteiger partial charge in [0.25, 0.3) is 5.91 Å². The lowest BCUT2D eigenvalue weighted by atomic mass is 9.68. The summed E-state index contributed by atoms with van der Waals surface area (Å²) in [5, 5.41) is 9.59. The van der Waals surface area contributed by atoms with Crippen LogP contribution in [0.4, 0.5) is 17.1 Å². The molecule has 1 heterocycles. The van der Waals surface area contributed by atoms with E-state index < -0.39 is 0 Å². The summed E-state index contributed by atoms with van der Waals surface area (Å²) in [5.74, 6) is 2.31. The second-order valence-corrected chi connectivity index (χ2v) is 9.98. The minimum absolute atomic E-state index is 0.111. The Bertz CT molecular complexity index is 1240. The predicted molar refractivity (Wildman–Crippen MR) is 135 cm³/mol. The molecular formula is C29H29N3O2. The summed E-state index contributed by atoms with van der Waals surface area (Å²) in [6, 6.07) is 24.5. The fraction of sp³-hybridized carbons (Fsp3) is 0.310. The summed E-state index contributed by atoms with van der Waals surface area (Å²) in [6.45, 7) is 1.48. The van der Waals surface area contributed by atoms with E-state index in [2.05, 4.69) is 58.4 Å². The van der Waals surface area contributed by atoms with Crippen LogP contribution in [-0.2, 0) is 4.79 Å². The topological polar surface area (TPSA) is 70.2 Å². The number of hydrogen-bond acceptors (Lipinski definition) is 3. The Labute approximate surface area is 200 Å². The Morgan fingerprint density at radius 2 is 1.56 bits per heavy atom. The summed E-state index contributed by atoms with van der Waals surface area (Å²) < 4.78 is 0. The van der Waals surface area contributed by atoms with Gasteiger partial charge in [-0.25, -0.2) is 0 Å². The Morgan fingerprint density at radius 1 is 0.853 bits per heavy atom. The van der Waals surface area contributed by atoms with E-state index in [9.17, 15) is 9.59 Å². The SMILES string of the molecule is CC(=O)Nc1ccc(NC(=O)c2ccc3c(c2)[C@@H]2[C@H]4CC[C@@H](C4)[C@@H]2[C@H](c2ccccc2)N3)cc1. The second-order valence-electron chi connectivity index (χ2n) is 9.98.